The van der Waals surface area contributed by atoms with Crippen LogP contribution in [0.15, 0.2) is 48.5 Å². The van der Waals surface area contributed by atoms with E-state index in [1.54, 1.807) is 0 Å². The third-order valence-corrected chi connectivity index (χ3v) is 5.81. The number of piperazine rings is 1. The molecule has 6 nitrogen and oxygen atoms in total. The van der Waals surface area contributed by atoms with Crippen LogP contribution in [0.25, 0.3) is 6.08 Å². The zero-order valence-corrected chi connectivity index (χ0v) is 18.0. The van der Waals surface area contributed by atoms with E-state index in [1.807, 2.05) is 37.3 Å². The largest absolute Gasteiger partial charge is 0.462 e. The monoisotopic (exact) mass is 419 g/mol. The third-order valence-electron chi connectivity index (χ3n) is 5.81. The van der Waals surface area contributed by atoms with Crippen molar-refractivity contribution in [2.45, 2.75) is 19.8 Å². The Balaban J connectivity index is 1.26. The first-order valence-corrected chi connectivity index (χ1v) is 11.0. The van der Waals surface area contributed by atoms with Gasteiger partial charge in [-0.2, -0.15) is 0 Å². The summed E-state index contributed by atoms with van der Waals surface area (Å²) < 4.78 is 5.05. The summed E-state index contributed by atoms with van der Waals surface area (Å²) in [4.78, 5) is 28.1. The molecule has 0 unspecified atom stereocenters. The molecule has 1 saturated heterocycles. The van der Waals surface area contributed by atoms with Gasteiger partial charge in [0.15, 0.2) is 0 Å². The number of ether oxygens (including phenoxy) is 1. The van der Waals surface area contributed by atoms with Gasteiger partial charge in [-0.15, -0.1) is 0 Å². The average molecular weight is 420 g/mol. The first-order valence-electron chi connectivity index (χ1n) is 11.0. The highest BCUT2D eigenvalue weighted by molar-refractivity contribution is 5.94. The topological polar surface area (TPSA) is 61.9 Å². The molecule has 1 N–H and O–H groups in total. The van der Waals surface area contributed by atoms with Crippen LogP contribution in [0.2, 0.25) is 0 Å². The molecule has 31 heavy (non-hydrogen) atoms. The molecule has 0 bridgehead atoms. The van der Waals surface area contributed by atoms with Crippen LogP contribution in [0.1, 0.15) is 34.8 Å². The van der Waals surface area contributed by atoms with Gasteiger partial charge in [0.05, 0.1) is 12.2 Å². The number of anilines is 2. The number of carbonyl (C=O) groups is 2. The van der Waals surface area contributed by atoms with E-state index in [0.29, 0.717) is 18.6 Å². The van der Waals surface area contributed by atoms with Crippen molar-refractivity contribution in [3.63, 3.8) is 0 Å². The number of hydrogen-bond donors (Lipinski definition) is 1. The number of rotatable bonds is 6. The number of nitrogens with one attached hydrogen (secondary N) is 1. The number of esters is 1. The zero-order valence-electron chi connectivity index (χ0n) is 18.0. The van der Waals surface area contributed by atoms with Crippen molar-refractivity contribution in [1.82, 2.24) is 4.90 Å². The summed E-state index contributed by atoms with van der Waals surface area (Å²) in [6.07, 6.45) is 5.76. The highest BCUT2D eigenvalue weighted by Gasteiger charge is 2.17. The molecule has 6 heteroatoms. The summed E-state index contributed by atoms with van der Waals surface area (Å²) in [6.45, 7) is 7.05. The summed E-state index contributed by atoms with van der Waals surface area (Å²) in [5.74, 6) is -0.167. The molecule has 2 aromatic carbocycles. The van der Waals surface area contributed by atoms with Gasteiger partial charge < -0.3 is 15.0 Å². The lowest BCUT2D eigenvalue weighted by molar-refractivity contribution is -0.116. The molecule has 2 aliphatic rings. The molecule has 0 spiro atoms. The Kier molecular flexibility index (Phi) is 6.67. The molecule has 0 atom stereocenters. The Morgan fingerprint density at radius 3 is 2.58 bits per heavy atom. The fourth-order valence-corrected chi connectivity index (χ4v) is 4.06. The lowest BCUT2D eigenvalue weighted by Crippen LogP contribution is -2.46. The first kappa shape index (κ1) is 21.1. The normalized spacial score (nSPS) is 16.8. The standard InChI is InChI=1S/C25H29N3O3/c1-2-31-25(30)20-6-9-22(10-7-20)28-16-14-27(15-17-28)13-3-4-19-5-11-23-21(18-19)8-12-24(29)26-23/h3-7,9-11,18H,2,8,12-17H2,1H3,(H,26,29)/b4-3+. The molecule has 0 aromatic heterocycles. The minimum atomic E-state index is -0.269. The molecular weight excluding hydrogens is 390 g/mol. The molecule has 0 saturated carbocycles. The molecule has 162 valence electrons. The maximum absolute atomic E-state index is 11.8. The second kappa shape index (κ2) is 9.79. The van der Waals surface area contributed by atoms with Crippen molar-refractivity contribution < 1.29 is 14.3 Å². The van der Waals surface area contributed by atoms with Gasteiger partial charge in [-0.3, -0.25) is 9.69 Å². The van der Waals surface area contributed by atoms with Gasteiger partial charge in [-0.25, -0.2) is 4.79 Å². The van der Waals surface area contributed by atoms with E-state index in [0.717, 1.165) is 50.5 Å². The van der Waals surface area contributed by atoms with E-state index in [9.17, 15) is 9.59 Å². The summed E-state index contributed by atoms with van der Waals surface area (Å²) in [7, 11) is 0. The average Bonchev–Trinajstić information content (AvgIpc) is 2.80. The Labute approximate surface area is 183 Å². The molecule has 2 heterocycles. The fourth-order valence-electron chi connectivity index (χ4n) is 4.06. The van der Waals surface area contributed by atoms with Crippen molar-refractivity contribution in [2.24, 2.45) is 0 Å². The summed E-state index contributed by atoms with van der Waals surface area (Å²) in [5.41, 5.74) is 5.07. The van der Waals surface area contributed by atoms with Crippen molar-refractivity contribution in [1.29, 1.82) is 0 Å². The van der Waals surface area contributed by atoms with E-state index in [2.05, 4.69) is 39.4 Å². The van der Waals surface area contributed by atoms with Crippen LogP contribution in [0.3, 0.4) is 0 Å². The number of aryl methyl sites for hydroxylation is 1. The molecular formula is C25H29N3O3. The van der Waals surface area contributed by atoms with Crippen LogP contribution >= 0.6 is 0 Å². The number of hydrogen-bond acceptors (Lipinski definition) is 5. The van der Waals surface area contributed by atoms with Crippen LogP contribution < -0.4 is 10.2 Å². The molecule has 0 aliphatic carbocycles. The zero-order chi connectivity index (χ0) is 21.6. The first-order chi connectivity index (χ1) is 15.1. The van der Waals surface area contributed by atoms with Gasteiger partial charge in [0.2, 0.25) is 5.91 Å². The molecule has 0 radical (unpaired) electrons. The lowest BCUT2D eigenvalue weighted by atomic mass is 10.0. The third kappa shape index (κ3) is 5.33. The van der Waals surface area contributed by atoms with Gasteiger partial charge in [-0.05, 0) is 60.9 Å². The molecule has 1 amide bonds. The number of benzene rings is 2. The lowest BCUT2D eigenvalue weighted by Gasteiger charge is -2.35. The minimum Gasteiger partial charge on any atom is -0.462 e. The summed E-state index contributed by atoms with van der Waals surface area (Å²) >= 11 is 0. The Bertz CT molecular complexity index is 960. The van der Waals surface area contributed by atoms with E-state index in [-0.39, 0.29) is 11.9 Å². The Hall–Kier alpha value is -3.12. The maximum atomic E-state index is 11.8. The molecule has 2 aliphatic heterocycles. The van der Waals surface area contributed by atoms with Gasteiger partial charge in [0.1, 0.15) is 0 Å². The van der Waals surface area contributed by atoms with Crippen molar-refractivity contribution in [3.8, 4) is 0 Å². The van der Waals surface area contributed by atoms with Crippen LogP contribution in [-0.2, 0) is 16.0 Å². The summed E-state index contributed by atoms with van der Waals surface area (Å²) in [5, 5.41) is 2.93. The maximum Gasteiger partial charge on any atom is 0.338 e. The van der Waals surface area contributed by atoms with E-state index < -0.39 is 0 Å². The highest BCUT2D eigenvalue weighted by Crippen LogP contribution is 2.24. The van der Waals surface area contributed by atoms with Crippen molar-refractivity contribution in [3.05, 3.63) is 65.2 Å². The number of nitrogens with zero attached hydrogens (tertiary/aromatic N) is 2. The Morgan fingerprint density at radius 1 is 1.06 bits per heavy atom. The van der Waals surface area contributed by atoms with Crippen molar-refractivity contribution in [2.75, 3.05) is 49.5 Å². The number of carbonyl (C=O) groups excluding carboxylic acids is 2. The number of fused-ring (bicyclic) bond motifs is 1. The second-order valence-electron chi connectivity index (χ2n) is 7.92. The molecule has 4 rings (SSSR count). The van der Waals surface area contributed by atoms with Gasteiger partial charge in [0.25, 0.3) is 0 Å². The molecule has 2 aromatic rings. The van der Waals surface area contributed by atoms with Crippen molar-refractivity contribution >= 4 is 29.3 Å². The second-order valence-corrected chi connectivity index (χ2v) is 7.92. The number of amides is 1. The van der Waals surface area contributed by atoms with Gasteiger partial charge >= 0.3 is 5.97 Å². The smallest absolute Gasteiger partial charge is 0.338 e. The predicted octanol–water partition coefficient (Wildman–Crippen LogP) is 3.58. The Morgan fingerprint density at radius 2 is 1.84 bits per heavy atom. The van der Waals surface area contributed by atoms with Crippen LogP contribution in [0.4, 0.5) is 11.4 Å². The van der Waals surface area contributed by atoms with Gasteiger partial charge in [0, 0.05) is 50.5 Å². The van der Waals surface area contributed by atoms with Crippen LogP contribution in [0.5, 0.6) is 0 Å². The van der Waals surface area contributed by atoms with Crippen LogP contribution in [0, 0.1) is 0 Å². The minimum absolute atomic E-state index is 0.102. The van der Waals surface area contributed by atoms with Gasteiger partial charge in [-0.1, -0.05) is 18.2 Å². The molecule has 1 fully saturated rings. The van der Waals surface area contributed by atoms with E-state index in [1.165, 1.54) is 11.1 Å². The van der Waals surface area contributed by atoms with Crippen LogP contribution in [-0.4, -0.2) is 56.1 Å². The van der Waals surface area contributed by atoms with E-state index >= 15 is 0 Å². The highest BCUT2D eigenvalue weighted by atomic mass is 16.5. The van der Waals surface area contributed by atoms with E-state index in [4.69, 9.17) is 4.74 Å². The quantitative estimate of drug-likeness (QED) is 0.725. The SMILES string of the molecule is CCOC(=O)c1ccc(N2CCN(C/C=C/c3ccc4c(c3)CCC(=O)N4)CC2)cc1. The summed E-state index contributed by atoms with van der Waals surface area (Å²) in [6, 6.07) is 13.9. The fraction of sp³-hybridized carbons (Fsp3) is 0.360. The predicted molar refractivity (Wildman–Crippen MR) is 123 cm³/mol.